The summed E-state index contributed by atoms with van der Waals surface area (Å²) < 4.78 is 0. The maximum absolute atomic E-state index is 12.1. The lowest BCUT2D eigenvalue weighted by Gasteiger charge is -2.08. The van der Waals surface area contributed by atoms with E-state index in [1.807, 2.05) is 24.3 Å². The van der Waals surface area contributed by atoms with Crippen molar-refractivity contribution in [2.24, 2.45) is 5.92 Å². The maximum Gasteiger partial charge on any atom is 0.227 e. The van der Waals surface area contributed by atoms with Crippen molar-refractivity contribution >= 4 is 35.0 Å². The molecule has 2 aromatic carbocycles. The Labute approximate surface area is 158 Å². The Hall–Kier alpha value is -2.27. The summed E-state index contributed by atoms with van der Waals surface area (Å²) >= 11 is 1.69. The number of thioether (sulfide) groups is 1. The van der Waals surface area contributed by atoms with Crippen LogP contribution in [0.15, 0.2) is 47.4 Å². The molecule has 5 heteroatoms. The number of amides is 2. The first-order valence-corrected chi connectivity index (χ1v) is 9.90. The van der Waals surface area contributed by atoms with Crippen molar-refractivity contribution in [3.05, 3.63) is 53.6 Å². The van der Waals surface area contributed by atoms with Crippen LogP contribution in [0.2, 0.25) is 0 Å². The van der Waals surface area contributed by atoms with Crippen molar-refractivity contribution in [1.29, 1.82) is 0 Å². The molecule has 0 spiro atoms. The van der Waals surface area contributed by atoms with Gasteiger partial charge < -0.3 is 10.6 Å². The minimum atomic E-state index is -0.00361. The van der Waals surface area contributed by atoms with E-state index in [1.165, 1.54) is 16.0 Å². The third-order valence-electron chi connectivity index (χ3n) is 4.46. The number of benzene rings is 2. The van der Waals surface area contributed by atoms with Gasteiger partial charge in [-0.1, -0.05) is 6.07 Å². The molecule has 0 bridgehead atoms. The van der Waals surface area contributed by atoms with Gasteiger partial charge in [0.1, 0.15) is 0 Å². The van der Waals surface area contributed by atoms with Crippen LogP contribution < -0.4 is 10.6 Å². The van der Waals surface area contributed by atoms with E-state index in [2.05, 4.69) is 42.7 Å². The average Bonchev–Trinajstić information content (AvgIpc) is 3.45. The fourth-order valence-corrected chi connectivity index (χ4v) is 3.46. The van der Waals surface area contributed by atoms with Crippen LogP contribution in [-0.2, 0) is 9.59 Å². The number of hydrogen-bond donors (Lipinski definition) is 2. The molecule has 2 amide bonds. The Morgan fingerprint density at radius 2 is 1.62 bits per heavy atom. The summed E-state index contributed by atoms with van der Waals surface area (Å²) in [5.41, 5.74) is 4.07. The van der Waals surface area contributed by atoms with E-state index >= 15 is 0 Å². The second-order valence-corrected chi connectivity index (χ2v) is 7.90. The zero-order valence-corrected chi connectivity index (χ0v) is 16.0. The molecule has 0 atom stereocenters. The number of anilines is 2. The van der Waals surface area contributed by atoms with Gasteiger partial charge in [-0.2, -0.15) is 0 Å². The number of aryl methyl sites for hydroxylation is 2. The summed E-state index contributed by atoms with van der Waals surface area (Å²) in [7, 11) is 0. The standard InChI is InChI=1S/C21H24N2O2S/c1-14-3-10-19(13-15(14)2)26-12-11-20(24)22-17-6-8-18(9-7-17)23-21(25)16-4-5-16/h3,6-10,13,16H,4-5,11-12H2,1-2H3,(H,22,24)(H,23,25). The van der Waals surface area contributed by atoms with Crippen molar-refractivity contribution in [2.75, 3.05) is 16.4 Å². The molecule has 0 radical (unpaired) electrons. The molecule has 1 aliphatic carbocycles. The number of carbonyl (C=O) groups excluding carboxylic acids is 2. The molecule has 1 fully saturated rings. The van der Waals surface area contributed by atoms with Crippen LogP contribution in [0.1, 0.15) is 30.4 Å². The summed E-state index contributed by atoms with van der Waals surface area (Å²) in [4.78, 5) is 25.0. The molecule has 0 aliphatic heterocycles. The molecule has 2 N–H and O–H groups in total. The molecule has 4 nitrogen and oxygen atoms in total. The van der Waals surface area contributed by atoms with Gasteiger partial charge in [-0.25, -0.2) is 0 Å². The van der Waals surface area contributed by atoms with Crippen molar-refractivity contribution in [1.82, 2.24) is 0 Å². The molecule has 1 aliphatic rings. The smallest absolute Gasteiger partial charge is 0.227 e. The Morgan fingerprint density at radius 1 is 0.962 bits per heavy atom. The molecule has 0 saturated heterocycles. The molecule has 0 heterocycles. The lowest BCUT2D eigenvalue weighted by molar-refractivity contribution is -0.117. The van der Waals surface area contributed by atoms with E-state index in [9.17, 15) is 9.59 Å². The summed E-state index contributed by atoms with van der Waals surface area (Å²) in [5, 5.41) is 5.79. The van der Waals surface area contributed by atoms with Gasteiger partial charge >= 0.3 is 0 Å². The largest absolute Gasteiger partial charge is 0.326 e. The zero-order valence-electron chi connectivity index (χ0n) is 15.2. The Bertz CT molecular complexity index is 798. The quantitative estimate of drug-likeness (QED) is 0.692. The van der Waals surface area contributed by atoms with Gasteiger partial charge in [-0.15, -0.1) is 11.8 Å². The van der Waals surface area contributed by atoms with Gasteiger partial charge in [0.15, 0.2) is 0 Å². The predicted molar refractivity (Wildman–Crippen MR) is 108 cm³/mol. The summed E-state index contributed by atoms with van der Waals surface area (Å²) in [5.74, 6) is 1.01. The molecule has 26 heavy (non-hydrogen) atoms. The minimum Gasteiger partial charge on any atom is -0.326 e. The van der Waals surface area contributed by atoms with Crippen LogP contribution in [0.25, 0.3) is 0 Å². The number of nitrogens with one attached hydrogen (secondary N) is 2. The molecule has 136 valence electrons. The van der Waals surface area contributed by atoms with E-state index in [0.29, 0.717) is 6.42 Å². The van der Waals surface area contributed by atoms with E-state index < -0.39 is 0 Å². The third kappa shape index (κ3) is 5.36. The van der Waals surface area contributed by atoms with Gasteiger partial charge in [-0.05, 0) is 74.2 Å². The topological polar surface area (TPSA) is 58.2 Å². The Balaban J connectivity index is 1.42. The van der Waals surface area contributed by atoms with E-state index in [1.54, 1.807) is 11.8 Å². The summed E-state index contributed by atoms with van der Waals surface area (Å²) in [6, 6.07) is 13.6. The molecule has 3 rings (SSSR count). The van der Waals surface area contributed by atoms with Gasteiger partial charge in [0.05, 0.1) is 0 Å². The van der Waals surface area contributed by atoms with Gasteiger partial charge in [0.25, 0.3) is 0 Å². The normalized spacial score (nSPS) is 13.3. The van der Waals surface area contributed by atoms with Gasteiger partial charge in [0.2, 0.25) is 11.8 Å². The first kappa shape index (κ1) is 18.5. The third-order valence-corrected chi connectivity index (χ3v) is 5.46. The SMILES string of the molecule is Cc1ccc(SCCC(=O)Nc2ccc(NC(=O)C3CC3)cc2)cc1C. The van der Waals surface area contributed by atoms with Crippen LogP contribution >= 0.6 is 11.8 Å². The zero-order chi connectivity index (χ0) is 18.5. The van der Waals surface area contributed by atoms with Crippen LogP contribution in [0.3, 0.4) is 0 Å². The van der Waals surface area contributed by atoms with Crippen LogP contribution in [0.5, 0.6) is 0 Å². The average molecular weight is 369 g/mol. The molecule has 2 aromatic rings. The number of carbonyl (C=O) groups is 2. The Kier molecular flexibility index (Phi) is 5.99. The highest BCUT2D eigenvalue weighted by Crippen LogP contribution is 2.30. The number of hydrogen-bond acceptors (Lipinski definition) is 3. The first-order valence-electron chi connectivity index (χ1n) is 8.92. The predicted octanol–water partition coefficient (Wildman–Crippen LogP) is 4.77. The van der Waals surface area contributed by atoms with Crippen molar-refractivity contribution in [2.45, 2.75) is 38.0 Å². The molecule has 0 aromatic heterocycles. The Morgan fingerprint density at radius 3 is 2.23 bits per heavy atom. The van der Waals surface area contributed by atoms with E-state index in [4.69, 9.17) is 0 Å². The van der Waals surface area contributed by atoms with Crippen molar-refractivity contribution < 1.29 is 9.59 Å². The second-order valence-electron chi connectivity index (χ2n) is 6.73. The number of rotatable bonds is 7. The highest BCUT2D eigenvalue weighted by molar-refractivity contribution is 7.99. The monoisotopic (exact) mass is 368 g/mol. The van der Waals surface area contributed by atoms with E-state index in [0.717, 1.165) is 30.0 Å². The van der Waals surface area contributed by atoms with Crippen molar-refractivity contribution in [3.63, 3.8) is 0 Å². The highest BCUT2D eigenvalue weighted by Gasteiger charge is 2.29. The van der Waals surface area contributed by atoms with Crippen LogP contribution in [0, 0.1) is 19.8 Å². The fraction of sp³-hybridized carbons (Fsp3) is 0.333. The molecular weight excluding hydrogens is 344 g/mol. The lowest BCUT2D eigenvalue weighted by atomic mass is 10.1. The second kappa shape index (κ2) is 8.41. The lowest BCUT2D eigenvalue weighted by Crippen LogP contribution is -2.14. The van der Waals surface area contributed by atoms with Crippen LogP contribution in [-0.4, -0.2) is 17.6 Å². The van der Waals surface area contributed by atoms with Gasteiger partial charge in [-0.3, -0.25) is 9.59 Å². The summed E-state index contributed by atoms with van der Waals surface area (Å²) in [6.07, 6.45) is 2.43. The fourth-order valence-electron chi connectivity index (χ4n) is 2.52. The minimum absolute atomic E-state index is 0.00361. The summed E-state index contributed by atoms with van der Waals surface area (Å²) in [6.45, 7) is 4.20. The molecule has 0 unspecified atom stereocenters. The van der Waals surface area contributed by atoms with E-state index in [-0.39, 0.29) is 17.7 Å². The first-order chi connectivity index (χ1) is 12.5. The molecule has 1 saturated carbocycles. The van der Waals surface area contributed by atoms with Gasteiger partial charge in [0, 0.05) is 34.4 Å². The highest BCUT2D eigenvalue weighted by atomic mass is 32.2. The van der Waals surface area contributed by atoms with Crippen molar-refractivity contribution in [3.8, 4) is 0 Å². The molecular formula is C21H24N2O2S. The maximum atomic E-state index is 12.1. The van der Waals surface area contributed by atoms with Crippen LogP contribution in [0.4, 0.5) is 11.4 Å².